The zero-order chi connectivity index (χ0) is 11.0. The third kappa shape index (κ3) is 1.52. The molecule has 2 N–H and O–H groups in total. The molecule has 0 saturated carbocycles. The predicted octanol–water partition coefficient (Wildman–Crippen LogP) is 2.81. The van der Waals surface area contributed by atoms with Crippen molar-refractivity contribution in [3.05, 3.63) is 40.8 Å². The summed E-state index contributed by atoms with van der Waals surface area (Å²) in [7, 11) is 0. The summed E-state index contributed by atoms with van der Waals surface area (Å²) in [5.41, 5.74) is 8.16. The molecule has 16 heavy (non-hydrogen) atoms. The molecule has 1 aromatic carbocycles. The maximum atomic E-state index is 5.70. The van der Waals surface area contributed by atoms with Gasteiger partial charge >= 0.3 is 0 Å². The highest BCUT2D eigenvalue weighted by Crippen LogP contribution is 2.39. The summed E-state index contributed by atoms with van der Waals surface area (Å²) in [6.07, 6.45) is 1.03. The average Bonchev–Trinajstić information content (AvgIpc) is 2.97. The fourth-order valence-corrected chi connectivity index (χ4v) is 2.95. The number of benzene rings is 1. The van der Waals surface area contributed by atoms with Gasteiger partial charge in [0.1, 0.15) is 5.75 Å². The Bertz CT molecular complexity index is 518. The van der Waals surface area contributed by atoms with E-state index in [1.54, 1.807) is 11.3 Å². The Morgan fingerprint density at radius 2 is 2.19 bits per heavy atom. The highest BCUT2D eigenvalue weighted by molar-refractivity contribution is 7.15. The molecule has 3 heteroatoms. The molecule has 0 bridgehead atoms. The summed E-state index contributed by atoms with van der Waals surface area (Å²) in [4.78, 5) is 2.46. The van der Waals surface area contributed by atoms with Crippen LogP contribution in [0.25, 0.3) is 10.4 Å². The standard InChI is InChI=1S/C13H13NOS/c14-8-10-4-5-12(16-10)11-3-1-2-9-6-7-15-13(9)11/h1-5H,6-8,14H2. The summed E-state index contributed by atoms with van der Waals surface area (Å²) in [5, 5.41) is 0. The third-order valence-electron chi connectivity index (χ3n) is 2.84. The van der Waals surface area contributed by atoms with Crippen molar-refractivity contribution in [2.24, 2.45) is 5.73 Å². The van der Waals surface area contributed by atoms with Crippen molar-refractivity contribution in [1.29, 1.82) is 0 Å². The predicted molar refractivity (Wildman–Crippen MR) is 66.8 cm³/mol. The van der Waals surface area contributed by atoms with E-state index in [0.717, 1.165) is 18.8 Å². The van der Waals surface area contributed by atoms with Crippen LogP contribution in [0.15, 0.2) is 30.3 Å². The van der Waals surface area contributed by atoms with Gasteiger partial charge in [-0.25, -0.2) is 0 Å². The number of hydrogen-bond acceptors (Lipinski definition) is 3. The highest BCUT2D eigenvalue weighted by atomic mass is 32.1. The molecule has 2 heterocycles. The van der Waals surface area contributed by atoms with Gasteiger partial charge in [0.2, 0.25) is 0 Å². The van der Waals surface area contributed by atoms with Crippen molar-refractivity contribution in [1.82, 2.24) is 0 Å². The van der Waals surface area contributed by atoms with Gasteiger partial charge in [-0.1, -0.05) is 12.1 Å². The maximum Gasteiger partial charge on any atom is 0.131 e. The molecule has 0 aliphatic carbocycles. The monoisotopic (exact) mass is 231 g/mol. The van der Waals surface area contributed by atoms with Gasteiger partial charge in [-0.05, 0) is 23.8 Å². The quantitative estimate of drug-likeness (QED) is 0.862. The van der Waals surface area contributed by atoms with Gasteiger partial charge < -0.3 is 10.5 Å². The van der Waals surface area contributed by atoms with Gasteiger partial charge in [0.15, 0.2) is 0 Å². The summed E-state index contributed by atoms with van der Waals surface area (Å²) >= 11 is 1.75. The van der Waals surface area contributed by atoms with Crippen molar-refractivity contribution >= 4 is 11.3 Å². The minimum atomic E-state index is 0.612. The lowest BCUT2D eigenvalue weighted by Crippen LogP contribution is -1.91. The van der Waals surface area contributed by atoms with Gasteiger partial charge in [-0.3, -0.25) is 0 Å². The molecule has 1 aromatic heterocycles. The number of para-hydroxylation sites is 1. The normalized spacial score (nSPS) is 13.6. The van der Waals surface area contributed by atoms with Gasteiger partial charge in [0.05, 0.1) is 6.61 Å². The Morgan fingerprint density at radius 3 is 3.00 bits per heavy atom. The Balaban J connectivity index is 2.09. The van der Waals surface area contributed by atoms with Gasteiger partial charge in [0.25, 0.3) is 0 Å². The van der Waals surface area contributed by atoms with Crippen LogP contribution in [-0.4, -0.2) is 6.61 Å². The number of rotatable bonds is 2. The van der Waals surface area contributed by atoms with E-state index in [9.17, 15) is 0 Å². The molecule has 0 amide bonds. The third-order valence-corrected chi connectivity index (χ3v) is 3.98. The molecular formula is C13H13NOS. The van der Waals surface area contributed by atoms with Crippen molar-refractivity contribution in [3.8, 4) is 16.2 Å². The number of thiophene rings is 1. The number of hydrogen-bond donors (Lipinski definition) is 1. The van der Waals surface area contributed by atoms with Crippen LogP contribution in [0.2, 0.25) is 0 Å². The zero-order valence-corrected chi connectivity index (χ0v) is 9.72. The SMILES string of the molecule is NCc1ccc(-c2cccc3c2OCC3)s1. The second-order valence-corrected chi connectivity index (χ2v) is 5.03. The minimum Gasteiger partial charge on any atom is -0.492 e. The molecule has 0 radical (unpaired) electrons. The molecule has 1 aliphatic heterocycles. The van der Waals surface area contributed by atoms with Crippen LogP contribution < -0.4 is 10.5 Å². The maximum absolute atomic E-state index is 5.70. The molecule has 3 rings (SSSR count). The van der Waals surface area contributed by atoms with Crippen LogP contribution in [0.4, 0.5) is 0 Å². The first-order valence-electron chi connectivity index (χ1n) is 5.42. The van der Waals surface area contributed by atoms with Crippen LogP contribution in [-0.2, 0) is 13.0 Å². The van der Waals surface area contributed by atoms with E-state index in [-0.39, 0.29) is 0 Å². The van der Waals surface area contributed by atoms with Crippen LogP contribution in [0.3, 0.4) is 0 Å². The van der Waals surface area contributed by atoms with E-state index in [1.165, 1.54) is 20.9 Å². The molecule has 0 fully saturated rings. The first kappa shape index (κ1) is 9.87. The van der Waals surface area contributed by atoms with Gasteiger partial charge in [-0.15, -0.1) is 11.3 Å². The molecular weight excluding hydrogens is 218 g/mol. The topological polar surface area (TPSA) is 35.2 Å². The summed E-state index contributed by atoms with van der Waals surface area (Å²) in [5.74, 6) is 1.06. The molecule has 0 atom stereocenters. The second-order valence-electron chi connectivity index (χ2n) is 3.86. The van der Waals surface area contributed by atoms with E-state index in [0.29, 0.717) is 6.54 Å². The smallest absolute Gasteiger partial charge is 0.131 e. The number of nitrogens with two attached hydrogens (primary N) is 1. The van der Waals surface area contributed by atoms with Crippen LogP contribution in [0.5, 0.6) is 5.75 Å². The Hall–Kier alpha value is -1.32. The van der Waals surface area contributed by atoms with Crippen LogP contribution in [0, 0.1) is 0 Å². The fraction of sp³-hybridized carbons (Fsp3) is 0.231. The van der Waals surface area contributed by atoms with Crippen molar-refractivity contribution in [3.63, 3.8) is 0 Å². The highest BCUT2D eigenvalue weighted by Gasteiger charge is 2.17. The van der Waals surface area contributed by atoms with Crippen LogP contribution >= 0.6 is 11.3 Å². The molecule has 0 spiro atoms. The van der Waals surface area contributed by atoms with Crippen LogP contribution in [0.1, 0.15) is 10.4 Å². The number of fused-ring (bicyclic) bond motifs is 1. The Labute approximate surface area is 98.7 Å². The molecule has 82 valence electrons. The molecule has 2 aromatic rings. The van der Waals surface area contributed by atoms with E-state index in [2.05, 4.69) is 30.3 Å². The van der Waals surface area contributed by atoms with Gasteiger partial charge in [0, 0.05) is 28.3 Å². The number of ether oxygens (including phenoxy) is 1. The minimum absolute atomic E-state index is 0.612. The lowest BCUT2D eigenvalue weighted by atomic mass is 10.1. The lowest BCUT2D eigenvalue weighted by Gasteiger charge is -2.05. The Kier molecular flexibility index (Phi) is 2.42. The van der Waals surface area contributed by atoms with Crippen molar-refractivity contribution < 1.29 is 4.74 Å². The average molecular weight is 231 g/mol. The van der Waals surface area contributed by atoms with E-state index in [1.807, 2.05) is 0 Å². The largest absolute Gasteiger partial charge is 0.492 e. The molecule has 0 saturated heterocycles. The lowest BCUT2D eigenvalue weighted by molar-refractivity contribution is 0.358. The second kappa shape index (κ2) is 3.92. The van der Waals surface area contributed by atoms with E-state index < -0.39 is 0 Å². The molecule has 2 nitrogen and oxygen atoms in total. The van der Waals surface area contributed by atoms with E-state index in [4.69, 9.17) is 10.5 Å². The van der Waals surface area contributed by atoms with E-state index >= 15 is 0 Å². The Morgan fingerprint density at radius 1 is 1.25 bits per heavy atom. The molecule has 1 aliphatic rings. The molecule has 0 unspecified atom stereocenters. The summed E-state index contributed by atoms with van der Waals surface area (Å²) in [6, 6.07) is 10.6. The van der Waals surface area contributed by atoms with Crippen molar-refractivity contribution in [2.75, 3.05) is 6.61 Å². The summed E-state index contributed by atoms with van der Waals surface area (Å²) < 4.78 is 5.70. The summed E-state index contributed by atoms with van der Waals surface area (Å²) in [6.45, 7) is 1.42. The zero-order valence-electron chi connectivity index (χ0n) is 8.90. The first-order valence-corrected chi connectivity index (χ1v) is 6.24. The van der Waals surface area contributed by atoms with Gasteiger partial charge in [-0.2, -0.15) is 0 Å². The van der Waals surface area contributed by atoms with Crippen molar-refractivity contribution in [2.45, 2.75) is 13.0 Å². The fourth-order valence-electron chi connectivity index (χ4n) is 2.04. The first-order chi connectivity index (χ1) is 7.88.